The van der Waals surface area contributed by atoms with E-state index >= 15 is 0 Å². The molecule has 0 aliphatic rings. The molecule has 0 spiro atoms. The highest BCUT2D eigenvalue weighted by Crippen LogP contribution is 2.27. The molecular weight excluding hydrogens is 160 g/mol. The second-order valence-corrected chi connectivity index (χ2v) is 2.56. The first-order valence-corrected chi connectivity index (χ1v) is 3.73. The van der Waals surface area contributed by atoms with Gasteiger partial charge < -0.3 is 5.11 Å². The van der Waals surface area contributed by atoms with E-state index in [4.69, 9.17) is 16.7 Å². The molecule has 0 aliphatic heterocycles. The molecule has 0 bridgehead atoms. The lowest BCUT2D eigenvalue weighted by Crippen LogP contribution is -1.74. The minimum absolute atomic E-state index is 0.127. The van der Waals surface area contributed by atoms with Crippen LogP contribution >= 0.6 is 11.6 Å². The van der Waals surface area contributed by atoms with Gasteiger partial charge in [-0.1, -0.05) is 35.9 Å². The summed E-state index contributed by atoms with van der Waals surface area (Å²) >= 11 is 5.77. The van der Waals surface area contributed by atoms with Crippen molar-refractivity contribution in [1.82, 2.24) is 0 Å². The number of benzene rings is 1. The fourth-order valence-electron chi connectivity index (χ4n) is 0.845. The van der Waals surface area contributed by atoms with E-state index < -0.39 is 0 Å². The number of halogens is 1. The summed E-state index contributed by atoms with van der Waals surface area (Å²) in [5, 5.41) is 9.57. The topological polar surface area (TPSA) is 20.2 Å². The number of aromatic hydroxyl groups is 1. The van der Waals surface area contributed by atoms with Gasteiger partial charge in [0.2, 0.25) is 0 Å². The predicted octanol–water partition coefficient (Wildman–Crippen LogP) is 3.08. The summed E-state index contributed by atoms with van der Waals surface area (Å²) in [6.07, 6.45) is 3.72. The van der Waals surface area contributed by atoms with E-state index in [-0.39, 0.29) is 5.75 Å². The molecule has 1 N–H and O–H groups in total. The molecule has 0 radical (unpaired) electrons. The smallest absolute Gasteiger partial charge is 0.134 e. The largest absolute Gasteiger partial charge is 0.506 e. The van der Waals surface area contributed by atoms with Crippen LogP contribution in [0.1, 0.15) is 12.5 Å². The molecule has 0 atom stereocenters. The van der Waals surface area contributed by atoms with E-state index in [2.05, 4.69) is 0 Å². The maximum absolute atomic E-state index is 9.16. The van der Waals surface area contributed by atoms with Crippen LogP contribution in [0.15, 0.2) is 24.3 Å². The molecule has 0 unspecified atom stereocenters. The van der Waals surface area contributed by atoms with Crippen molar-refractivity contribution in [2.75, 3.05) is 0 Å². The lowest BCUT2D eigenvalue weighted by molar-refractivity contribution is 0.475. The number of rotatable bonds is 1. The monoisotopic (exact) mass is 168 g/mol. The van der Waals surface area contributed by atoms with E-state index in [9.17, 15) is 0 Å². The Balaban J connectivity index is 3.16. The Kier molecular flexibility index (Phi) is 2.55. The summed E-state index contributed by atoms with van der Waals surface area (Å²) in [6.45, 7) is 1.90. The Morgan fingerprint density at radius 3 is 2.82 bits per heavy atom. The van der Waals surface area contributed by atoms with Gasteiger partial charge in [-0.2, -0.15) is 0 Å². The summed E-state index contributed by atoms with van der Waals surface area (Å²) in [7, 11) is 0. The van der Waals surface area contributed by atoms with Gasteiger partial charge in [-0.3, -0.25) is 0 Å². The molecule has 1 rings (SSSR count). The Morgan fingerprint density at radius 2 is 2.18 bits per heavy atom. The van der Waals surface area contributed by atoms with Crippen LogP contribution < -0.4 is 0 Å². The molecule has 0 saturated carbocycles. The third-order valence-electron chi connectivity index (χ3n) is 1.35. The van der Waals surface area contributed by atoms with Crippen LogP contribution in [0, 0.1) is 0 Å². The van der Waals surface area contributed by atoms with E-state index in [1.807, 2.05) is 25.1 Å². The molecule has 0 saturated heterocycles. The summed E-state index contributed by atoms with van der Waals surface area (Å²) in [4.78, 5) is 0. The molecule has 0 heterocycles. The van der Waals surface area contributed by atoms with Crippen LogP contribution in [0.4, 0.5) is 0 Å². The van der Waals surface area contributed by atoms with Crippen molar-refractivity contribution in [1.29, 1.82) is 0 Å². The zero-order chi connectivity index (χ0) is 8.27. The van der Waals surface area contributed by atoms with Crippen molar-refractivity contribution in [3.8, 4) is 5.75 Å². The van der Waals surface area contributed by atoms with Crippen LogP contribution in [0.3, 0.4) is 0 Å². The van der Waals surface area contributed by atoms with Crippen LogP contribution in [0.2, 0.25) is 5.02 Å². The number of hydrogen-bond acceptors (Lipinski definition) is 1. The van der Waals surface area contributed by atoms with E-state index in [1.54, 1.807) is 12.1 Å². The SMILES string of the molecule is CC=Cc1cccc(O)c1Cl. The van der Waals surface area contributed by atoms with Gasteiger partial charge in [0, 0.05) is 0 Å². The van der Waals surface area contributed by atoms with E-state index in [0.717, 1.165) is 5.56 Å². The Bertz CT molecular complexity index is 279. The quantitative estimate of drug-likeness (QED) is 0.684. The molecule has 0 amide bonds. The molecule has 0 aliphatic carbocycles. The number of allylic oxidation sites excluding steroid dienone is 1. The van der Waals surface area contributed by atoms with Crippen LogP contribution in [0.25, 0.3) is 6.08 Å². The van der Waals surface area contributed by atoms with Crippen molar-refractivity contribution >= 4 is 17.7 Å². The van der Waals surface area contributed by atoms with Crippen LogP contribution in [-0.2, 0) is 0 Å². The molecule has 11 heavy (non-hydrogen) atoms. The first-order chi connectivity index (χ1) is 5.25. The highest BCUT2D eigenvalue weighted by molar-refractivity contribution is 6.33. The van der Waals surface area contributed by atoms with Gasteiger partial charge in [-0.15, -0.1) is 0 Å². The maximum atomic E-state index is 9.16. The first kappa shape index (κ1) is 8.15. The van der Waals surface area contributed by atoms with Gasteiger partial charge in [0.25, 0.3) is 0 Å². The third-order valence-corrected chi connectivity index (χ3v) is 1.77. The zero-order valence-electron chi connectivity index (χ0n) is 6.21. The number of phenolic OH excluding ortho intramolecular Hbond substituents is 1. The Labute approximate surface area is 70.9 Å². The Hall–Kier alpha value is -0.950. The van der Waals surface area contributed by atoms with Gasteiger partial charge in [-0.25, -0.2) is 0 Å². The number of phenols is 1. The normalized spacial score (nSPS) is 10.7. The molecular formula is C9H9ClO. The first-order valence-electron chi connectivity index (χ1n) is 3.36. The minimum atomic E-state index is 0.127. The van der Waals surface area contributed by atoms with Crippen molar-refractivity contribution < 1.29 is 5.11 Å². The van der Waals surface area contributed by atoms with Crippen molar-refractivity contribution in [3.63, 3.8) is 0 Å². The fraction of sp³-hybridized carbons (Fsp3) is 0.111. The lowest BCUT2D eigenvalue weighted by Gasteiger charge is -1.98. The molecule has 1 nitrogen and oxygen atoms in total. The molecule has 0 fully saturated rings. The average Bonchev–Trinajstić information content (AvgIpc) is 1.99. The second-order valence-electron chi connectivity index (χ2n) is 2.18. The van der Waals surface area contributed by atoms with Gasteiger partial charge in [0.05, 0.1) is 5.02 Å². The van der Waals surface area contributed by atoms with Crippen LogP contribution in [0.5, 0.6) is 5.75 Å². The predicted molar refractivity (Wildman–Crippen MR) is 47.8 cm³/mol. The summed E-state index contributed by atoms with van der Waals surface area (Å²) in [5.41, 5.74) is 0.842. The van der Waals surface area contributed by atoms with Crippen molar-refractivity contribution in [2.45, 2.75) is 6.92 Å². The summed E-state index contributed by atoms with van der Waals surface area (Å²) in [5.74, 6) is 0.127. The maximum Gasteiger partial charge on any atom is 0.134 e. The highest BCUT2D eigenvalue weighted by atomic mass is 35.5. The number of hydrogen-bond donors (Lipinski definition) is 1. The van der Waals surface area contributed by atoms with E-state index in [1.165, 1.54) is 0 Å². The molecule has 1 aromatic carbocycles. The summed E-state index contributed by atoms with van der Waals surface area (Å²) in [6, 6.07) is 5.17. The zero-order valence-corrected chi connectivity index (χ0v) is 6.97. The van der Waals surface area contributed by atoms with E-state index in [0.29, 0.717) is 5.02 Å². The molecule has 0 aromatic heterocycles. The highest BCUT2D eigenvalue weighted by Gasteiger charge is 1.99. The lowest BCUT2D eigenvalue weighted by atomic mass is 10.2. The molecule has 58 valence electrons. The van der Waals surface area contributed by atoms with Crippen molar-refractivity contribution in [2.24, 2.45) is 0 Å². The standard InChI is InChI=1S/C9H9ClO/c1-2-4-7-5-3-6-8(11)9(7)10/h2-6,11H,1H3. The molecule has 2 heteroatoms. The average molecular weight is 169 g/mol. The van der Waals surface area contributed by atoms with Gasteiger partial charge in [0.1, 0.15) is 5.75 Å². The second kappa shape index (κ2) is 3.44. The third kappa shape index (κ3) is 1.75. The van der Waals surface area contributed by atoms with Gasteiger partial charge in [-0.05, 0) is 18.6 Å². The minimum Gasteiger partial charge on any atom is -0.506 e. The summed E-state index contributed by atoms with van der Waals surface area (Å²) < 4.78 is 0. The Morgan fingerprint density at radius 1 is 1.45 bits per heavy atom. The van der Waals surface area contributed by atoms with Gasteiger partial charge in [0.15, 0.2) is 0 Å². The van der Waals surface area contributed by atoms with Gasteiger partial charge >= 0.3 is 0 Å². The molecule has 1 aromatic rings. The van der Waals surface area contributed by atoms with Crippen molar-refractivity contribution in [3.05, 3.63) is 34.9 Å². The fourth-order valence-corrected chi connectivity index (χ4v) is 1.03. The van der Waals surface area contributed by atoms with Crippen LogP contribution in [-0.4, -0.2) is 5.11 Å².